The molecule has 2 atom stereocenters. The normalized spacial score (nSPS) is 47.8. The second-order valence-electron chi connectivity index (χ2n) is 5.72. The third kappa shape index (κ3) is 1.84. The lowest BCUT2D eigenvalue weighted by Gasteiger charge is -2.32. The molecule has 14 heavy (non-hydrogen) atoms. The minimum Gasteiger partial charge on any atom is -0.325 e. The smallest absolute Gasteiger partial charge is 0.0212 e. The van der Waals surface area contributed by atoms with E-state index < -0.39 is 0 Å². The van der Waals surface area contributed by atoms with Crippen LogP contribution in [0.1, 0.15) is 58.8 Å². The highest BCUT2D eigenvalue weighted by Crippen LogP contribution is 2.51. The van der Waals surface area contributed by atoms with Crippen molar-refractivity contribution in [1.82, 2.24) is 0 Å². The fraction of sp³-hybridized carbons (Fsp3) is 1.00. The second-order valence-corrected chi connectivity index (χ2v) is 5.72. The number of hydrogen-bond acceptors (Lipinski definition) is 1. The summed E-state index contributed by atoms with van der Waals surface area (Å²) in [7, 11) is 0. The molecule has 0 aliphatic heterocycles. The summed E-state index contributed by atoms with van der Waals surface area (Å²) in [6, 6.07) is 0. The molecule has 2 aliphatic carbocycles. The van der Waals surface area contributed by atoms with Gasteiger partial charge in [-0.15, -0.1) is 0 Å². The Morgan fingerprint density at radius 2 is 1.79 bits per heavy atom. The van der Waals surface area contributed by atoms with Crippen molar-refractivity contribution in [3.05, 3.63) is 0 Å². The van der Waals surface area contributed by atoms with E-state index in [-0.39, 0.29) is 5.54 Å². The Bertz CT molecular complexity index is 193. The summed E-state index contributed by atoms with van der Waals surface area (Å²) in [4.78, 5) is 0. The topological polar surface area (TPSA) is 26.0 Å². The van der Waals surface area contributed by atoms with Gasteiger partial charge < -0.3 is 5.73 Å². The molecule has 0 amide bonds. The van der Waals surface area contributed by atoms with E-state index in [0.29, 0.717) is 0 Å². The van der Waals surface area contributed by atoms with Crippen LogP contribution in [0.2, 0.25) is 0 Å². The van der Waals surface area contributed by atoms with E-state index in [2.05, 4.69) is 13.8 Å². The molecule has 2 fully saturated rings. The maximum atomic E-state index is 6.38. The highest BCUT2D eigenvalue weighted by atomic mass is 14.9. The van der Waals surface area contributed by atoms with Gasteiger partial charge in [0.2, 0.25) is 0 Å². The maximum absolute atomic E-state index is 6.38. The molecular formula is C13H25N. The van der Waals surface area contributed by atoms with Crippen LogP contribution < -0.4 is 5.73 Å². The molecule has 0 saturated heterocycles. The third-order valence-electron chi connectivity index (χ3n) is 4.72. The van der Waals surface area contributed by atoms with Crippen molar-refractivity contribution >= 4 is 0 Å². The van der Waals surface area contributed by atoms with Crippen LogP contribution >= 0.6 is 0 Å². The summed E-state index contributed by atoms with van der Waals surface area (Å²) < 4.78 is 0. The largest absolute Gasteiger partial charge is 0.325 e. The molecule has 0 bridgehead atoms. The van der Waals surface area contributed by atoms with Crippen LogP contribution in [0.4, 0.5) is 0 Å². The molecule has 0 spiro atoms. The van der Waals surface area contributed by atoms with E-state index in [0.717, 1.165) is 17.8 Å². The van der Waals surface area contributed by atoms with Gasteiger partial charge in [-0.25, -0.2) is 0 Å². The molecule has 0 aromatic heterocycles. The minimum absolute atomic E-state index is 0.261. The summed E-state index contributed by atoms with van der Waals surface area (Å²) in [5.74, 6) is 2.68. The van der Waals surface area contributed by atoms with Crippen LogP contribution in [0, 0.1) is 17.8 Å². The van der Waals surface area contributed by atoms with Crippen LogP contribution in [0.25, 0.3) is 0 Å². The lowest BCUT2D eigenvalue weighted by atomic mass is 9.75. The zero-order chi connectivity index (χ0) is 10.2. The Morgan fingerprint density at radius 1 is 1.21 bits per heavy atom. The van der Waals surface area contributed by atoms with E-state index in [1.54, 1.807) is 0 Å². The van der Waals surface area contributed by atoms with Crippen molar-refractivity contribution in [2.24, 2.45) is 23.5 Å². The molecule has 1 nitrogen and oxygen atoms in total. The monoisotopic (exact) mass is 195 g/mol. The molecule has 1 heteroatoms. The van der Waals surface area contributed by atoms with Gasteiger partial charge in [0.1, 0.15) is 0 Å². The molecule has 0 heterocycles. The molecule has 82 valence electrons. The molecule has 2 N–H and O–H groups in total. The van der Waals surface area contributed by atoms with Crippen molar-refractivity contribution in [3.8, 4) is 0 Å². The van der Waals surface area contributed by atoms with E-state index in [1.807, 2.05) is 0 Å². The summed E-state index contributed by atoms with van der Waals surface area (Å²) in [5.41, 5.74) is 6.65. The van der Waals surface area contributed by atoms with Gasteiger partial charge in [-0.1, -0.05) is 39.5 Å². The predicted octanol–water partition coefficient (Wildman–Crippen LogP) is 3.33. The van der Waals surface area contributed by atoms with Crippen molar-refractivity contribution in [3.63, 3.8) is 0 Å². The SMILES string of the molecule is CCCC1CCC(C2(N)CC2C)CC1. The molecular weight excluding hydrogens is 170 g/mol. The zero-order valence-electron chi connectivity index (χ0n) is 9.76. The van der Waals surface area contributed by atoms with Crippen molar-refractivity contribution in [2.75, 3.05) is 0 Å². The minimum atomic E-state index is 0.261. The van der Waals surface area contributed by atoms with Gasteiger partial charge in [0.25, 0.3) is 0 Å². The lowest BCUT2D eigenvalue weighted by molar-refractivity contribution is 0.217. The van der Waals surface area contributed by atoms with Gasteiger partial charge in [0.15, 0.2) is 0 Å². The van der Waals surface area contributed by atoms with E-state index in [9.17, 15) is 0 Å². The molecule has 2 saturated carbocycles. The van der Waals surface area contributed by atoms with Gasteiger partial charge in [0, 0.05) is 5.54 Å². The summed E-state index contributed by atoms with van der Waals surface area (Å²) in [5, 5.41) is 0. The van der Waals surface area contributed by atoms with Crippen molar-refractivity contribution in [2.45, 2.75) is 64.3 Å². The van der Waals surface area contributed by atoms with Gasteiger partial charge in [-0.2, -0.15) is 0 Å². The third-order valence-corrected chi connectivity index (χ3v) is 4.72. The van der Waals surface area contributed by atoms with Crippen LogP contribution in [0.5, 0.6) is 0 Å². The quantitative estimate of drug-likeness (QED) is 0.734. The fourth-order valence-corrected chi connectivity index (χ4v) is 3.44. The average Bonchev–Trinajstić information content (AvgIpc) is 2.78. The first-order chi connectivity index (χ1) is 6.66. The first-order valence-corrected chi connectivity index (χ1v) is 6.45. The first kappa shape index (κ1) is 10.5. The van der Waals surface area contributed by atoms with Gasteiger partial charge >= 0.3 is 0 Å². The fourth-order valence-electron chi connectivity index (χ4n) is 3.44. The first-order valence-electron chi connectivity index (χ1n) is 6.45. The van der Waals surface area contributed by atoms with Gasteiger partial charge in [0.05, 0.1) is 0 Å². The highest BCUT2D eigenvalue weighted by molar-refractivity contribution is 5.10. The number of hydrogen-bond donors (Lipinski definition) is 1. The summed E-state index contributed by atoms with van der Waals surface area (Å²) in [6.45, 7) is 4.62. The Kier molecular flexibility index (Phi) is 2.88. The number of rotatable bonds is 3. The van der Waals surface area contributed by atoms with Crippen LogP contribution in [0.3, 0.4) is 0 Å². The summed E-state index contributed by atoms with van der Waals surface area (Å²) in [6.07, 6.45) is 9.81. The second kappa shape index (κ2) is 3.84. The van der Waals surface area contributed by atoms with E-state index in [1.165, 1.54) is 44.9 Å². The van der Waals surface area contributed by atoms with Crippen molar-refractivity contribution in [1.29, 1.82) is 0 Å². The Hall–Kier alpha value is -0.0400. The number of nitrogens with two attached hydrogens (primary N) is 1. The molecule has 2 unspecified atom stereocenters. The van der Waals surface area contributed by atoms with Crippen LogP contribution in [-0.4, -0.2) is 5.54 Å². The summed E-state index contributed by atoms with van der Waals surface area (Å²) >= 11 is 0. The average molecular weight is 195 g/mol. The Labute approximate surface area is 88.4 Å². The van der Waals surface area contributed by atoms with Gasteiger partial charge in [-0.3, -0.25) is 0 Å². The maximum Gasteiger partial charge on any atom is 0.0212 e. The standard InChI is InChI=1S/C13H25N/c1-3-4-11-5-7-12(8-6-11)13(14)9-10(13)2/h10-12H,3-9,14H2,1-2H3. The highest BCUT2D eigenvalue weighted by Gasteiger charge is 2.53. The molecule has 2 aliphatic rings. The lowest BCUT2D eigenvalue weighted by Crippen LogP contribution is -2.37. The Morgan fingerprint density at radius 3 is 2.21 bits per heavy atom. The zero-order valence-corrected chi connectivity index (χ0v) is 9.76. The molecule has 0 radical (unpaired) electrons. The Balaban J connectivity index is 1.79. The molecule has 2 rings (SSSR count). The molecule has 0 aromatic carbocycles. The predicted molar refractivity (Wildman–Crippen MR) is 61.1 cm³/mol. The van der Waals surface area contributed by atoms with E-state index in [4.69, 9.17) is 5.73 Å². The molecule has 0 aromatic rings. The van der Waals surface area contributed by atoms with Crippen LogP contribution in [-0.2, 0) is 0 Å². The van der Waals surface area contributed by atoms with Crippen molar-refractivity contribution < 1.29 is 0 Å². The van der Waals surface area contributed by atoms with Crippen LogP contribution in [0.15, 0.2) is 0 Å². The van der Waals surface area contributed by atoms with Gasteiger partial charge in [-0.05, 0) is 37.0 Å². The van der Waals surface area contributed by atoms with E-state index >= 15 is 0 Å².